The van der Waals surface area contributed by atoms with Crippen molar-refractivity contribution in [2.24, 2.45) is 11.7 Å². The molecule has 1 aliphatic rings. The molecule has 2 amide bonds. The number of rotatable bonds is 7. The SMILES string of the molecule is CC(C)Cc1ccc([C@H](C)C(=O)O)cc1.CC[C@@H](C(N)=O)N1CCCC1=O. The van der Waals surface area contributed by atoms with Crippen LogP contribution in [-0.2, 0) is 20.8 Å². The van der Waals surface area contributed by atoms with Gasteiger partial charge in [0.05, 0.1) is 5.92 Å². The highest BCUT2D eigenvalue weighted by Crippen LogP contribution is 2.17. The van der Waals surface area contributed by atoms with Crippen LogP contribution < -0.4 is 5.73 Å². The highest BCUT2D eigenvalue weighted by atomic mass is 16.4. The molecule has 1 aromatic carbocycles. The Balaban J connectivity index is 0.000000277. The number of aliphatic carboxylic acids is 1. The van der Waals surface area contributed by atoms with Gasteiger partial charge in [0.25, 0.3) is 0 Å². The van der Waals surface area contributed by atoms with Crippen molar-refractivity contribution >= 4 is 17.8 Å². The molecule has 0 bridgehead atoms. The fourth-order valence-electron chi connectivity index (χ4n) is 3.13. The first kappa shape index (κ1) is 22.7. The van der Waals surface area contributed by atoms with E-state index in [9.17, 15) is 14.4 Å². The molecule has 2 atom stereocenters. The molecule has 1 aliphatic heterocycles. The molecule has 0 radical (unpaired) electrons. The van der Waals surface area contributed by atoms with Crippen LogP contribution in [0.1, 0.15) is 64.0 Å². The van der Waals surface area contributed by atoms with Crippen molar-refractivity contribution in [1.29, 1.82) is 0 Å². The van der Waals surface area contributed by atoms with Crippen molar-refractivity contribution in [3.63, 3.8) is 0 Å². The Morgan fingerprint density at radius 2 is 1.78 bits per heavy atom. The summed E-state index contributed by atoms with van der Waals surface area (Å²) in [7, 11) is 0. The quantitative estimate of drug-likeness (QED) is 0.764. The van der Waals surface area contributed by atoms with E-state index < -0.39 is 17.8 Å². The number of likely N-dealkylation sites (tertiary alicyclic amines) is 1. The lowest BCUT2D eigenvalue weighted by Crippen LogP contribution is -2.44. The Morgan fingerprint density at radius 1 is 1.19 bits per heavy atom. The van der Waals surface area contributed by atoms with Crippen molar-refractivity contribution in [3.8, 4) is 0 Å². The van der Waals surface area contributed by atoms with Crippen molar-refractivity contribution in [2.45, 2.75) is 65.3 Å². The molecule has 0 unspecified atom stereocenters. The molecule has 1 aromatic rings. The molecule has 0 aromatic heterocycles. The Hall–Kier alpha value is -2.37. The molecule has 0 aliphatic carbocycles. The molecule has 27 heavy (non-hydrogen) atoms. The number of carbonyl (C=O) groups is 3. The normalized spacial score (nSPS) is 15.9. The number of amides is 2. The van der Waals surface area contributed by atoms with E-state index in [0.717, 1.165) is 18.4 Å². The van der Waals surface area contributed by atoms with Crippen molar-refractivity contribution in [2.75, 3.05) is 6.54 Å². The zero-order valence-corrected chi connectivity index (χ0v) is 16.8. The number of benzene rings is 1. The smallest absolute Gasteiger partial charge is 0.310 e. The van der Waals surface area contributed by atoms with E-state index in [1.165, 1.54) is 5.56 Å². The van der Waals surface area contributed by atoms with Gasteiger partial charge < -0.3 is 15.7 Å². The van der Waals surface area contributed by atoms with Crippen molar-refractivity contribution in [3.05, 3.63) is 35.4 Å². The fraction of sp³-hybridized carbons (Fsp3) is 0.571. The molecular weight excluding hydrogens is 344 g/mol. The van der Waals surface area contributed by atoms with Crippen LogP contribution in [-0.4, -0.2) is 40.4 Å². The van der Waals surface area contributed by atoms with Crippen LogP contribution in [0.25, 0.3) is 0 Å². The average molecular weight is 376 g/mol. The summed E-state index contributed by atoms with van der Waals surface area (Å²) in [6.07, 6.45) is 3.06. The Labute approximate surface area is 161 Å². The number of hydrogen-bond acceptors (Lipinski definition) is 3. The average Bonchev–Trinajstić information content (AvgIpc) is 3.01. The lowest BCUT2D eigenvalue weighted by Gasteiger charge is -2.23. The van der Waals surface area contributed by atoms with Gasteiger partial charge in [-0.1, -0.05) is 45.0 Å². The zero-order valence-electron chi connectivity index (χ0n) is 16.8. The highest BCUT2D eigenvalue weighted by Gasteiger charge is 2.29. The van der Waals surface area contributed by atoms with Crippen molar-refractivity contribution in [1.82, 2.24) is 4.90 Å². The second-order valence-corrected chi connectivity index (χ2v) is 7.42. The molecule has 0 spiro atoms. The predicted molar refractivity (Wildman–Crippen MR) is 105 cm³/mol. The van der Waals surface area contributed by atoms with Crippen LogP contribution in [0.15, 0.2) is 24.3 Å². The van der Waals surface area contributed by atoms with Gasteiger partial charge in [0.15, 0.2) is 0 Å². The second kappa shape index (κ2) is 10.7. The van der Waals surface area contributed by atoms with Gasteiger partial charge in [-0.25, -0.2) is 0 Å². The maximum Gasteiger partial charge on any atom is 0.310 e. The van der Waals surface area contributed by atoms with Gasteiger partial charge in [0.2, 0.25) is 11.8 Å². The van der Waals surface area contributed by atoms with E-state index in [1.54, 1.807) is 11.8 Å². The first-order chi connectivity index (χ1) is 12.7. The van der Waals surface area contributed by atoms with E-state index in [1.807, 2.05) is 31.2 Å². The van der Waals surface area contributed by atoms with Crippen LogP contribution in [0.3, 0.4) is 0 Å². The lowest BCUT2D eigenvalue weighted by atomic mass is 9.97. The monoisotopic (exact) mass is 376 g/mol. The maximum atomic E-state index is 11.2. The Morgan fingerprint density at radius 3 is 2.15 bits per heavy atom. The minimum Gasteiger partial charge on any atom is -0.481 e. The first-order valence-electron chi connectivity index (χ1n) is 9.57. The number of carboxylic acid groups (broad SMARTS) is 1. The second-order valence-electron chi connectivity index (χ2n) is 7.42. The molecular formula is C21H32N2O4. The highest BCUT2D eigenvalue weighted by molar-refractivity contribution is 5.87. The van der Waals surface area contributed by atoms with E-state index in [0.29, 0.717) is 25.3 Å². The number of primary amides is 1. The summed E-state index contributed by atoms with van der Waals surface area (Å²) in [5.41, 5.74) is 7.30. The van der Waals surface area contributed by atoms with E-state index in [2.05, 4.69) is 13.8 Å². The number of hydrogen-bond donors (Lipinski definition) is 2. The number of nitrogens with two attached hydrogens (primary N) is 1. The summed E-state index contributed by atoms with van der Waals surface area (Å²) in [5, 5.41) is 8.85. The molecule has 150 valence electrons. The Bertz CT molecular complexity index is 640. The maximum absolute atomic E-state index is 11.2. The third-order valence-corrected chi connectivity index (χ3v) is 4.70. The summed E-state index contributed by atoms with van der Waals surface area (Å²) in [4.78, 5) is 34.4. The van der Waals surface area contributed by atoms with Crippen LogP contribution in [0, 0.1) is 5.92 Å². The molecule has 2 rings (SSSR count). The fourth-order valence-corrected chi connectivity index (χ4v) is 3.13. The van der Waals surface area contributed by atoms with Crippen LogP contribution >= 0.6 is 0 Å². The minimum absolute atomic E-state index is 0.0562. The third kappa shape index (κ3) is 7.04. The standard InChI is InChI=1S/C13H18O2.C8H14N2O2/c1-9(2)8-11-4-6-12(7-5-11)10(3)13(14)15;1-2-6(8(9)12)10-5-3-4-7(10)11/h4-7,9-10H,8H2,1-3H3,(H,14,15);6H,2-5H2,1H3,(H2,9,12)/t10-;6-/m00/s1. The lowest BCUT2D eigenvalue weighted by molar-refractivity contribution is -0.138. The topological polar surface area (TPSA) is 101 Å². The van der Waals surface area contributed by atoms with E-state index in [-0.39, 0.29) is 11.9 Å². The van der Waals surface area contributed by atoms with E-state index >= 15 is 0 Å². The van der Waals surface area contributed by atoms with Crippen LogP contribution in [0.5, 0.6) is 0 Å². The summed E-state index contributed by atoms with van der Waals surface area (Å²) in [6.45, 7) is 8.60. The van der Waals surface area contributed by atoms with E-state index in [4.69, 9.17) is 10.8 Å². The van der Waals surface area contributed by atoms with Gasteiger partial charge in [-0.15, -0.1) is 0 Å². The first-order valence-corrected chi connectivity index (χ1v) is 9.57. The number of nitrogens with zero attached hydrogens (tertiary/aromatic N) is 1. The third-order valence-electron chi connectivity index (χ3n) is 4.70. The van der Waals surface area contributed by atoms with Gasteiger partial charge in [-0.05, 0) is 43.2 Å². The molecule has 1 saturated heterocycles. The summed E-state index contributed by atoms with van der Waals surface area (Å²) in [5.74, 6) is -0.897. The number of carbonyl (C=O) groups excluding carboxylic acids is 2. The largest absolute Gasteiger partial charge is 0.481 e. The van der Waals surface area contributed by atoms with Crippen LogP contribution in [0.2, 0.25) is 0 Å². The van der Waals surface area contributed by atoms with Gasteiger partial charge in [-0.2, -0.15) is 0 Å². The van der Waals surface area contributed by atoms with Gasteiger partial charge in [0, 0.05) is 13.0 Å². The molecule has 0 saturated carbocycles. The van der Waals surface area contributed by atoms with Crippen LogP contribution in [0.4, 0.5) is 0 Å². The molecule has 1 fully saturated rings. The van der Waals surface area contributed by atoms with Crippen molar-refractivity contribution < 1.29 is 19.5 Å². The summed E-state index contributed by atoms with van der Waals surface area (Å²) < 4.78 is 0. The van der Waals surface area contributed by atoms with Gasteiger partial charge in [-0.3, -0.25) is 14.4 Å². The molecule has 3 N–H and O–H groups in total. The van der Waals surface area contributed by atoms with Gasteiger partial charge >= 0.3 is 5.97 Å². The Kier molecular flexibility index (Phi) is 8.98. The molecule has 6 nitrogen and oxygen atoms in total. The number of carboxylic acids is 1. The predicted octanol–water partition coefficient (Wildman–Crippen LogP) is 2.95. The summed E-state index contributed by atoms with van der Waals surface area (Å²) in [6, 6.07) is 7.48. The minimum atomic E-state index is -0.772. The molecule has 1 heterocycles. The van der Waals surface area contributed by atoms with Gasteiger partial charge in [0.1, 0.15) is 6.04 Å². The summed E-state index contributed by atoms with van der Waals surface area (Å²) >= 11 is 0. The zero-order chi connectivity index (χ0) is 20.6. The molecule has 6 heteroatoms.